The fourth-order valence-electron chi connectivity index (χ4n) is 3.13. The Balaban J connectivity index is 1.76. The van der Waals surface area contributed by atoms with Gasteiger partial charge < -0.3 is 19.5 Å². The molecule has 0 bridgehead atoms. The second-order valence-electron chi connectivity index (χ2n) is 7.36. The fourth-order valence-corrected chi connectivity index (χ4v) is 3.57. The molecule has 0 heterocycles. The number of esters is 1. The molecular weight excluding hydrogens is 531 g/mol. The molecule has 0 aromatic heterocycles. The second-order valence-corrected chi connectivity index (χ2v) is 8.22. The van der Waals surface area contributed by atoms with E-state index in [4.69, 9.17) is 14.2 Å². The normalized spacial score (nSPS) is 10.8. The Labute approximate surface area is 216 Å². The van der Waals surface area contributed by atoms with Crippen molar-refractivity contribution in [3.63, 3.8) is 0 Å². The Hall–Kier alpha value is -4.16. The van der Waals surface area contributed by atoms with Crippen molar-refractivity contribution in [1.82, 2.24) is 0 Å². The summed E-state index contributed by atoms with van der Waals surface area (Å²) in [6.45, 7) is 2.09. The van der Waals surface area contributed by atoms with Crippen LogP contribution in [0, 0.1) is 17.1 Å². The first-order chi connectivity index (χ1) is 17.3. The molecule has 0 saturated heterocycles. The number of amides is 1. The molecule has 0 fully saturated rings. The van der Waals surface area contributed by atoms with Crippen LogP contribution in [-0.4, -0.2) is 25.6 Å². The number of carbonyl (C=O) groups excluding carboxylic acids is 2. The first-order valence-electron chi connectivity index (χ1n) is 10.8. The van der Waals surface area contributed by atoms with Crippen LogP contribution in [0.2, 0.25) is 0 Å². The van der Waals surface area contributed by atoms with Crippen LogP contribution in [0.5, 0.6) is 11.5 Å². The molecule has 0 saturated carbocycles. The number of benzene rings is 3. The number of carbonyl (C=O) groups is 2. The summed E-state index contributed by atoms with van der Waals surface area (Å²) in [5.74, 6) is -0.681. The molecule has 1 N–H and O–H groups in total. The van der Waals surface area contributed by atoms with Gasteiger partial charge in [-0.05, 0) is 72.7 Å². The van der Waals surface area contributed by atoms with Crippen LogP contribution in [0.25, 0.3) is 6.08 Å². The quantitative estimate of drug-likeness (QED) is 0.201. The van der Waals surface area contributed by atoms with Crippen LogP contribution in [0.1, 0.15) is 28.4 Å². The summed E-state index contributed by atoms with van der Waals surface area (Å²) in [5, 5.41) is 12.2. The monoisotopic (exact) mass is 552 g/mol. The third-order valence-corrected chi connectivity index (χ3v) is 5.57. The Bertz CT molecular complexity index is 1330. The molecule has 0 spiro atoms. The number of nitrogens with zero attached hydrogens (tertiary/aromatic N) is 1. The molecule has 0 aliphatic carbocycles. The van der Waals surface area contributed by atoms with Crippen LogP contribution in [-0.2, 0) is 16.1 Å². The largest absolute Gasteiger partial charge is 0.493 e. The van der Waals surface area contributed by atoms with E-state index in [2.05, 4.69) is 21.2 Å². The lowest BCUT2D eigenvalue weighted by molar-refractivity contribution is -0.112. The summed E-state index contributed by atoms with van der Waals surface area (Å²) < 4.78 is 30.1. The summed E-state index contributed by atoms with van der Waals surface area (Å²) >= 11 is 3.43. The zero-order chi connectivity index (χ0) is 26.1. The smallest absolute Gasteiger partial charge is 0.338 e. The molecular formula is C27H22BrFN2O5. The predicted molar refractivity (Wildman–Crippen MR) is 136 cm³/mol. The minimum absolute atomic E-state index is 0.122. The van der Waals surface area contributed by atoms with Crippen LogP contribution in [0.4, 0.5) is 10.1 Å². The molecule has 3 rings (SSSR count). The molecule has 0 radical (unpaired) electrons. The molecule has 1 amide bonds. The van der Waals surface area contributed by atoms with E-state index in [-0.39, 0.29) is 24.6 Å². The summed E-state index contributed by atoms with van der Waals surface area (Å²) in [7, 11) is 1.46. The molecule has 36 heavy (non-hydrogen) atoms. The highest BCUT2D eigenvalue weighted by molar-refractivity contribution is 9.10. The molecule has 3 aromatic rings. The van der Waals surface area contributed by atoms with E-state index >= 15 is 0 Å². The Morgan fingerprint density at radius 1 is 1.11 bits per heavy atom. The molecule has 0 atom stereocenters. The van der Waals surface area contributed by atoms with Gasteiger partial charge in [0.15, 0.2) is 11.5 Å². The van der Waals surface area contributed by atoms with Crippen LogP contribution in [0.3, 0.4) is 0 Å². The number of hydrogen-bond donors (Lipinski definition) is 1. The first kappa shape index (κ1) is 26.4. The molecule has 0 aliphatic rings. The SMILES string of the molecule is CCOC(=O)c1ccc(NC(=O)/C(C#N)=C/c2cc(OC)c(OCc3cccc(F)c3)cc2Br)cc1. The number of rotatable bonds is 9. The van der Waals surface area contributed by atoms with Gasteiger partial charge in [-0.2, -0.15) is 5.26 Å². The van der Waals surface area contributed by atoms with Gasteiger partial charge in [-0.1, -0.05) is 28.1 Å². The van der Waals surface area contributed by atoms with Gasteiger partial charge in [0, 0.05) is 10.2 Å². The van der Waals surface area contributed by atoms with Crippen molar-refractivity contribution in [1.29, 1.82) is 5.26 Å². The second kappa shape index (κ2) is 12.5. The molecule has 7 nitrogen and oxygen atoms in total. The number of nitrogens with one attached hydrogen (secondary N) is 1. The average Bonchev–Trinajstić information content (AvgIpc) is 2.87. The molecule has 3 aromatic carbocycles. The van der Waals surface area contributed by atoms with E-state index in [1.165, 1.54) is 37.5 Å². The van der Waals surface area contributed by atoms with E-state index in [0.29, 0.717) is 38.3 Å². The van der Waals surface area contributed by atoms with E-state index in [9.17, 15) is 19.2 Å². The molecule has 0 unspecified atom stereocenters. The van der Waals surface area contributed by atoms with Gasteiger partial charge in [-0.15, -0.1) is 0 Å². The number of ether oxygens (including phenoxy) is 3. The van der Waals surface area contributed by atoms with Gasteiger partial charge in [0.25, 0.3) is 5.91 Å². The highest BCUT2D eigenvalue weighted by atomic mass is 79.9. The standard InChI is InChI=1S/C27H22BrFN2O5/c1-3-35-27(33)18-7-9-22(10-8-18)31-26(32)20(15-30)12-19-13-24(34-2)25(14-23(19)28)36-16-17-5-4-6-21(29)11-17/h4-14H,3,16H2,1-2H3,(H,31,32)/b20-12+. The van der Waals surface area contributed by atoms with Gasteiger partial charge >= 0.3 is 5.97 Å². The van der Waals surface area contributed by atoms with Crippen LogP contribution in [0.15, 0.2) is 70.7 Å². The fraction of sp³-hybridized carbons (Fsp3) is 0.148. The van der Waals surface area contributed by atoms with Crippen molar-refractivity contribution < 1.29 is 28.2 Å². The lowest BCUT2D eigenvalue weighted by atomic mass is 10.1. The van der Waals surface area contributed by atoms with Crippen molar-refractivity contribution in [2.45, 2.75) is 13.5 Å². The maximum Gasteiger partial charge on any atom is 0.338 e. The van der Waals surface area contributed by atoms with Crippen LogP contribution >= 0.6 is 15.9 Å². The van der Waals surface area contributed by atoms with Gasteiger partial charge in [-0.25, -0.2) is 9.18 Å². The zero-order valence-corrected chi connectivity index (χ0v) is 21.1. The number of nitriles is 1. The number of hydrogen-bond acceptors (Lipinski definition) is 6. The van der Waals surface area contributed by atoms with Crippen molar-refractivity contribution in [3.8, 4) is 17.6 Å². The lowest BCUT2D eigenvalue weighted by Crippen LogP contribution is -2.13. The predicted octanol–water partition coefficient (Wildman–Crippen LogP) is 5.90. The van der Waals surface area contributed by atoms with E-state index < -0.39 is 11.9 Å². The van der Waals surface area contributed by atoms with Crippen LogP contribution < -0.4 is 14.8 Å². The summed E-state index contributed by atoms with van der Waals surface area (Å²) in [6, 6.07) is 17.3. The Morgan fingerprint density at radius 3 is 2.50 bits per heavy atom. The summed E-state index contributed by atoms with van der Waals surface area (Å²) in [5.41, 5.74) is 1.76. The molecule has 9 heteroatoms. The van der Waals surface area contributed by atoms with E-state index in [1.54, 1.807) is 43.3 Å². The molecule has 184 valence electrons. The van der Waals surface area contributed by atoms with Gasteiger partial charge in [0.1, 0.15) is 24.1 Å². The van der Waals surface area contributed by atoms with Gasteiger partial charge in [0.2, 0.25) is 0 Å². The number of halogens is 2. The summed E-state index contributed by atoms with van der Waals surface area (Å²) in [4.78, 5) is 24.5. The van der Waals surface area contributed by atoms with Crippen molar-refractivity contribution in [3.05, 3.63) is 93.2 Å². The van der Waals surface area contributed by atoms with Gasteiger partial charge in [-0.3, -0.25) is 4.79 Å². The Morgan fingerprint density at radius 2 is 1.86 bits per heavy atom. The van der Waals surface area contributed by atoms with E-state index in [1.807, 2.05) is 6.07 Å². The maximum atomic E-state index is 13.4. The first-order valence-corrected chi connectivity index (χ1v) is 11.6. The van der Waals surface area contributed by atoms with Gasteiger partial charge in [0.05, 0.1) is 19.3 Å². The minimum Gasteiger partial charge on any atom is -0.493 e. The third kappa shape index (κ3) is 6.93. The van der Waals surface area contributed by atoms with Crippen molar-refractivity contribution in [2.24, 2.45) is 0 Å². The highest BCUT2D eigenvalue weighted by Gasteiger charge is 2.15. The number of anilines is 1. The average molecular weight is 553 g/mol. The zero-order valence-electron chi connectivity index (χ0n) is 19.5. The van der Waals surface area contributed by atoms with Crippen molar-refractivity contribution in [2.75, 3.05) is 19.0 Å². The minimum atomic E-state index is -0.626. The topological polar surface area (TPSA) is 97.7 Å². The molecule has 0 aliphatic heterocycles. The highest BCUT2D eigenvalue weighted by Crippen LogP contribution is 2.35. The maximum absolute atomic E-state index is 13.4. The third-order valence-electron chi connectivity index (χ3n) is 4.89. The Kier molecular flexibility index (Phi) is 9.19. The van der Waals surface area contributed by atoms with E-state index in [0.717, 1.165) is 0 Å². The number of methoxy groups -OCH3 is 1. The summed E-state index contributed by atoms with van der Waals surface area (Å²) in [6.07, 6.45) is 1.41. The van der Waals surface area contributed by atoms with Crippen molar-refractivity contribution >= 4 is 39.6 Å². The lowest BCUT2D eigenvalue weighted by Gasteiger charge is -2.13.